The molecule has 0 aliphatic rings. The maximum Gasteiger partial charge on any atom is 0.304 e. The quantitative estimate of drug-likeness (QED) is 0.695. The first-order valence-corrected chi connectivity index (χ1v) is 5.40. The van der Waals surface area contributed by atoms with Crippen LogP contribution in [0.5, 0.6) is 0 Å². The summed E-state index contributed by atoms with van der Waals surface area (Å²) in [6.45, 7) is 3.29. The molecule has 0 amide bonds. The highest BCUT2D eigenvalue weighted by atomic mass is 32.1. The number of aliphatic carboxylic acids is 1. The fraction of sp³-hybridized carbons (Fsp3) is 0.556. The summed E-state index contributed by atoms with van der Waals surface area (Å²) in [5, 5.41) is 14.6. The first-order chi connectivity index (χ1) is 6.68. The molecule has 78 valence electrons. The van der Waals surface area contributed by atoms with Gasteiger partial charge >= 0.3 is 5.97 Å². The molecule has 0 unspecified atom stereocenters. The topological polar surface area (TPSA) is 62.2 Å². The van der Waals surface area contributed by atoms with Crippen LogP contribution >= 0.6 is 11.3 Å². The number of aromatic nitrogens is 1. The van der Waals surface area contributed by atoms with Crippen molar-refractivity contribution in [3.05, 3.63) is 16.1 Å². The van der Waals surface area contributed by atoms with Crippen LogP contribution in [0, 0.1) is 6.92 Å². The van der Waals surface area contributed by atoms with Crippen LogP contribution in [0.15, 0.2) is 5.38 Å². The van der Waals surface area contributed by atoms with Crippen LogP contribution in [-0.4, -0.2) is 29.1 Å². The van der Waals surface area contributed by atoms with Gasteiger partial charge in [0.1, 0.15) is 0 Å². The molecule has 14 heavy (non-hydrogen) atoms. The Balaban J connectivity index is 2.07. The highest BCUT2D eigenvalue weighted by Gasteiger charge is 1.99. The second-order valence-electron chi connectivity index (χ2n) is 3.03. The predicted octanol–water partition coefficient (Wildman–Crippen LogP) is 1.06. The molecule has 0 fully saturated rings. The van der Waals surface area contributed by atoms with E-state index in [1.807, 2.05) is 12.3 Å². The lowest BCUT2D eigenvalue weighted by Crippen LogP contribution is -2.20. The van der Waals surface area contributed by atoms with E-state index in [2.05, 4.69) is 10.3 Å². The zero-order valence-corrected chi connectivity index (χ0v) is 8.93. The van der Waals surface area contributed by atoms with Crippen molar-refractivity contribution < 1.29 is 9.90 Å². The Kier molecular flexibility index (Phi) is 4.55. The molecule has 0 bridgehead atoms. The molecule has 0 radical (unpaired) electrons. The average Bonchev–Trinajstić information content (AvgIpc) is 2.50. The van der Waals surface area contributed by atoms with Crippen molar-refractivity contribution in [2.45, 2.75) is 19.8 Å². The summed E-state index contributed by atoms with van der Waals surface area (Å²) in [7, 11) is 0. The molecular formula is C9H14N2O2S. The van der Waals surface area contributed by atoms with Gasteiger partial charge < -0.3 is 10.4 Å². The number of nitrogens with zero attached hydrogens (tertiary/aromatic N) is 1. The summed E-state index contributed by atoms with van der Waals surface area (Å²) in [6, 6.07) is 0. The fourth-order valence-corrected chi connectivity index (χ4v) is 1.81. The van der Waals surface area contributed by atoms with E-state index < -0.39 is 5.97 Å². The van der Waals surface area contributed by atoms with Gasteiger partial charge in [-0.15, -0.1) is 11.3 Å². The van der Waals surface area contributed by atoms with Crippen LogP contribution in [0.1, 0.15) is 17.1 Å². The van der Waals surface area contributed by atoms with Crippen LogP contribution in [0.2, 0.25) is 0 Å². The van der Waals surface area contributed by atoms with E-state index in [4.69, 9.17) is 5.11 Å². The molecule has 4 nitrogen and oxygen atoms in total. The smallest absolute Gasteiger partial charge is 0.304 e. The Morgan fingerprint density at radius 1 is 1.64 bits per heavy atom. The van der Waals surface area contributed by atoms with Gasteiger partial charge in [0, 0.05) is 30.6 Å². The van der Waals surface area contributed by atoms with Crippen LogP contribution in [0.25, 0.3) is 0 Å². The monoisotopic (exact) mass is 214 g/mol. The maximum absolute atomic E-state index is 10.2. The van der Waals surface area contributed by atoms with Crippen molar-refractivity contribution in [1.29, 1.82) is 0 Å². The molecule has 0 spiro atoms. The van der Waals surface area contributed by atoms with E-state index in [0.717, 1.165) is 23.7 Å². The van der Waals surface area contributed by atoms with E-state index in [1.165, 1.54) is 0 Å². The minimum atomic E-state index is -0.761. The van der Waals surface area contributed by atoms with Crippen molar-refractivity contribution in [2.24, 2.45) is 0 Å². The van der Waals surface area contributed by atoms with Gasteiger partial charge in [0.25, 0.3) is 0 Å². The lowest BCUT2D eigenvalue weighted by Gasteiger charge is -1.99. The molecule has 1 aromatic heterocycles. The number of nitrogens with one attached hydrogen (secondary N) is 1. The number of hydrogen-bond acceptors (Lipinski definition) is 4. The Morgan fingerprint density at radius 2 is 2.43 bits per heavy atom. The molecule has 2 N–H and O–H groups in total. The van der Waals surface area contributed by atoms with Crippen molar-refractivity contribution >= 4 is 17.3 Å². The Hall–Kier alpha value is -0.940. The van der Waals surface area contributed by atoms with Gasteiger partial charge in [-0.25, -0.2) is 4.98 Å². The third-order valence-corrected chi connectivity index (χ3v) is 2.72. The zero-order valence-electron chi connectivity index (χ0n) is 8.12. The molecule has 0 aliphatic heterocycles. The van der Waals surface area contributed by atoms with Gasteiger partial charge in [-0.05, 0) is 6.92 Å². The number of rotatable bonds is 6. The van der Waals surface area contributed by atoms with E-state index in [-0.39, 0.29) is 6.42 Å². The SMILES string of the molecule is Cc1csc(CCNCCC(=O)O)n1. The average molecular weight is 214 g/mol. The van der Waals surface area contributed by atoms with Crippen molar-refractivity contribution in [3.8, 4) is 0 Å². The number of hydrogen-bond donors (Lipinski definition) is 2. The summed E-state index contributed by atoms with van der Waals surface area (Å²) < 4.78 is 0. The Morgan fingerprint density at radius 3 is 3.00 bits per heavy atom. The molecule has 1 aromatic rings. The largest absolute Gasteiger partial charge is 0.481 e. The molecule has 0 saturated heterocycles. The zero-order chi connectivity index (χ0) is 10.4. The summed E-state index contributed by atoms with van der Waals surface area (Å²) in [5.41, 5.74) is 1.05. The van der Waals surface area contributed by atoms with Gasteiger partial charge in [-0.1, -0.05) is 0 Å². The summed E-state index contributed by atoms with van der Waals surface area (Å²) >= 11 is 1.65. The predicted molar refractivity (Wildman–Crippen MR) is 55.7 cm³/mol. The molecule has 0 saturated carbocycles. The third kappa shape index (κ3) is 4.34. The molecule has 1 rings (SSSR count). The van der Waals surface area contributed by atoms with E-state index >= 15 is 0 Å². The van der Waals surface area contributed by atoms with Gasteiger partial charge in [0.15, 0.2) is 0 Å². The molecular weight excluding hydrogens is 200 g/mol. The fourth-order valence-electron chi connectivity index (χ4n) is 1.03. The lowest BCUT2D eigenvalue weighted by atomic mass is 10.4. The maximum atomic E-state index is 10.2. The van der Waals surface area contributed by atoms with E-state index in [1.54, 1.807) is 11.3 Å². The highest BCUT2D eigenvalue weighted by Crippen LogP contribution is 2.08. The van der Waals surface area contributed by atoms with Crippen molar-refractivity contribution in [3.63, 3.8) is 0 Å². The Labute approximate surface area is 87.0 Å². The van der Waals surface area contributed by atoms with Gasteiger partial charge in [0.05, 0.1) is 11.4 Å². The summed E-state index contributed by atoms with van der Waals surface area (Å²) in [4.78, 5) is 14.5. The van der Waals surface area contributed by atoms with Crippen LogP contribution in [0.4, 0.5) is 0 Å². The van der Waals surface area contributed by atoms with Crippen LogP contribution in [-0.2, 0) is 11.2 Å². The Bertz CT molecular complexity index is 299. The molecule has 0 aliphatic carbocycles. The normalized spacial score (nSPS) is 10.4. The summed E-state index contributed by atoms with van der Waals surface area (Å²) in [6.07, 6.45) is 1.05. The number of aryl methyl sites for hydroxylation is 1. The van der Waals surface area contributed by atoms with Gasteiger partial charge in [-0.2, -0.15) is 0 Å². The number of carboxylic acids is 1. The highest BCUT2D eigenvalue weighted by molar-refractivity contribution is 7.09. The first kappa shape index (κ1) is 11.1. The minimum absolute atomic E-state index is 0.177. The van der Waals surface area contributed by atoms with Crippen molar-refractivity contribution in [1.82, 2.24) is 10.3 Å². The van der Waals surface area contributed by atoms with Crippen LogP contribution in [0.3, 0.4) is 0 Å². The van der Waals surface area contributed by atoms with Gasteiger partial charge in [-0.3, -0.25) is 4.79 Å². The molecule has 0 aromatic carbocycles. The molecule has 5 heteroatoms. The van der Waals surface area contributed by atoms with Crippen molar-refractivity contribution in [2.75, 3.05) is 13.1 Å². The van der Waals surface area contributed by atoms with E-state index in [0.29, 0.717) is 6.54 Å². The van der Waals surface area contributed by atoms with Crippen LogP contribution < -0.4 is 5.32 Å². The number of carboxylic acid groups (broad SMARTS) is 1. The molecule has 1 heterocycles. The number of thiazole rings is 1. The standard InChI is InChI=1S/C9H14N2O2S/c1-7-6-14-8(11-7)2-4-10-5-3-9(12)13/h6,10H,2-5H2,1H3,(H,12,13). The van der Waals surface area contributed by atoms with Gasteiger partial charge in [0.2, 0.25) is 0 Å². The first-order valence-electron chi connectivity index (χ1n) is 4.52. The van der Waals surface area contributed by atoms with E-state index in [9.17, 15) is 4.79 Å². The second-order valence-corrected chi connectivity index (χ2v) is 3.97. The molecule has 0 atom stereocenters. The lowest BCUT2D eigenvalue weighted by molar-refractivity contribution is -0.136. The minimum Gasteiger partial charge on any atom is -0.481 e. The second kappa shape index (κ2) is 5.72. The summed E-state index contributed by atoms with van der Waals surface area (Å²) in [5.74, 6) is -0.761. The number of carbonyl (C=O) groups is 1. The third-order valence-electron chi connectivity index (χ3n) is 1.70.